The van der Waals surface area contributed by atoms with Gasteiger partial charge in [0.05, 0.1) is 12.7 Å². The quantitative estimate of drug-likeness (QED) is 0.614. The second-order valence-corrected chi connectivity index (χ2v) is 5.51. The molecule has 0 aliphatic heterocycles. The number of ether oxygens (including phenoxy) is 1. The summed E-state index contributed by atoms with van der Waals surface area (Å²) in [6, 6.07) is 0.507. The molecule has 1 saturated carbocycles. The summed E-state index contributed by atoms with van der Waals surface area (Å²) in [6.45, 7) is 4.12. The van der Waals surface area contributed by atoms with Crippen molar-refractivity contribution in [2.45, 2.75) is 38.3 Å². The van der Waals surface area contributed by atoms with Gasteiger partial charge < -0.3 is 15.2 Å². The highest BCUT2D eigenvalue weighted by Crippen LogP contribution is 2.28. The van der Waals surface area contributed by atoms with Crippen molar-refractivity contribution in [1.29, 1.82) is 0 Å². The molecule has 1 aliphatic rings. The van der Waals surface area contributed by atoms with Crippen LogP contribution in [0.1, 0.15) is 26.2 Å². The Bertz CT molecular complexity index is 176. The molecule has 0 bridgehead atoms. The second kappa shape index (κ2) is 8.34. The highest BCUT2D eigenvalue weighted by molar-refractivity contribution is 7.98. The molecule has 2 atom stereocenters. The molecule has 0 aromatic carbocycles. The molecule has 0 heterocycles. The van der Waals surface area contributed by atoms with E-state index in [0.29, 0.717) is 19.2 Å². The van der Waals surface area contributed by atoms with Crippen LogP contribution < -0.4 is 5.32 Å². The minimum absolute atomic E-state index is 0.366. The van der Waals surface area contributed by atoms with E-state index in [4.69, 9.17) is 4.74 Å². The first kappa shape index (κ1) is 14.3. The number of aliphatic hydroxyl groups is 1. The Morgan fingerprint density at radius 2 is 2.25 bits per heavy atom. The summed E-state index contributed by atoms with van der Waals surface area (Å²) < 4.78 is 5.45. The van der Waals surface area contributed by atoms with Crippen LogP contribution in [0, 0.1) is 5.92 Å². The average Bonchev–Trinajstić information content (AvgIpc) is 3.08. The number of thioether (sulfide) groups is 1. The molecule has 4 heteroatoms. The monoisotopic (exact) mass is 247 g/mol. The highest BCUT2D eigenvalue weighted by Gasteiger charge is 2.21. The van der Waals surface area contributed by atoms with Crippen molar-refractivity contribution >= 4 is 11.8 Å². The molecule has 1 aliphatic carbocycles. The zero-order valence-electron chi connectivity index (χ0n) is 10.4. The van der Waals surface area contributed by atoms with Gasteiger partial charge in [-0.05, 0) is 31.4 Å². The molecule has 3 nitrogen and oxygen atoms in total. The van der Waals surface area contributed by atoms with Crippen molar-refractivity contribution in [2.75, 3.05) is 31.8 Å². The number of nitrogens with one attached hydrogen (secondary N) is 1. The normalized spacial score (nSPS) is 19.7. The third-order valence-corrected chi connectivity index (χ3v) is 3.60. The number of aliphatic hydroxyl groups excluding tert-OH is 1. The van der Waals surface area contributed by atoms with E-state index < -0.39 is 0 Å². The molecular weight excluding hydrogens is 222 g/mol. The number of hydrogen-bond donors (Lipinski definition) is 2. The average molecular weight is 247 g/mol. The predicted octanol–water partition coefficient (Wildman–Crippen LogP) is 1.51. The molecule has 2 N–H and O–H groups in total. The molecule has 0 spiro atoms. The maximum Gasteiger partial charge on any atom is 0.0897 e. The number of hydrogen-bond acceptors (Lipinski definition) is 4. The molecule has 0 aromatic rings. The summed E-state index contributed by atoms with van der Waals surface area (Å²) in [5.74, 6) is 1.88. The third kappa shape index (κ3) is 6.74. The summed E-state index contributed by atoms with van der Waals surface area (Å²) in [6.07, 6.45) is 5.46. The van der Waals surface area contributed by atoms with E-state index in [1.165, 1.54) is 12.8 Å². The van der Waals surface area contributed by atoms with Gasteiger partial charge in [-0.2, -0.15) is 11.8 Å². The first-order valence-electron chi connectivity index (χ1n) is 6.24. The zero-order valence-corrected chi connectivity index (χ0v) is 11.3. The predicted molar refractivity (Wildman–Crippen MR) is 70.0 cm³/mol. The lowest BCUT2D eigenvalue weighted by Crippen LogP contribution is -2.38. The van der Waals surface area contributed by atoms with Crippen molar-refractivity contribution in [3.8, 4) is 0 Å². The fourth-order valence-corrected chi connectivity index (χ4v) is 2.30. The molecule has 16 heavy (non-hydrogen) atoms. The highest BCUT2D eigenvalue weighted by atomic mass is 32.2. The van der Waals surface area contributed by atoms with Gasteiger partial charge in [0.2, 0.25) is 0 Å². The molecule has 1 fully saturated rings. The van der Waals surface area contributed by atoms with Crippen LogP contribution in [0.2, 0.25) is 0 Å². The lowest BCUT2D eigenvalue weighted by molar-refractivity contribution is 0.0315. The van der Waals surface area contributed by atoms with Gasteiger partial charge in [0.1, 0.15) is 0 Å². The molecular formula is C12H25NO2S. The van der Waals surface area contributed by atoms with Crippen LogP contribution in [0.25, 0.3) is 0 Å². The Morgan fingerprint density at radius 1 is 1.50 bits per heavy atom. The van der Waals surface area contributed by atoms with E-state index in [1.807, 2.05) is 11.8 Å². The zero-order chi connectivity index (χ0) is 11.8. The fraction of sp³-hybridized carbons (Fsp3) is 1.00. The Hall–Kier alpha value is 0.230. The largest absolute Gasteiger partial charge is 0.389 e. The summed E-state index contributed by atoms with van der Waals surface area (Å²) in [7, 11) is 0. The van der Waals surface area contributed by atoms with Crippen LogP contribution in [0.15, 0.2) is 0 Å². The van der Waals surface area contributed by atoms with Crippen molar-refractivity contribution in [1.82, 2.24) is 5.32 Å². The topological polar surface area (TPSA) is 41.5 Å². The fourth-order valence-electron chi connectivity index (χ4n) is 1.54. The number of rotatable bonds is 10. The lowest BCUT2D eigenvalue weighted by Gasteiger charge is -2.18. The van der Waals surface area contributed by atoms with Gasteiger partial charge in [-0.25, -0.2) is 0 Å². The molecule has 96 valence electrons. The summed E-state index contributed by atoms with van der Waals surface area (Å²) in [4.78, 5) is 0. The maximum atomic E-state index is 9.70. The van der Waals surface area contributed by atoms with Crippen molar-refractivity contribution in [2.24, 2.45) is 5.92 Å². The summed E-state index contributed by atoms with van der Waals surface area (Å²) >= 11 is 1.84. The van der Waals surface area contributed by atoms with Crippen molar-refractivity contribution in [3.63, 3.8) is 0 Å². The Morgan fingerprint density at radius 3 is 2.81 bits per heavy atom. The van der Waals surface area contributed by atoms with Crippen molar-refractivity contribution < 1.29 is 9.84 Å². The van der Waals surface area contributed by atoms with E-state index >= 15 is 0 Å². The van der Waals surface area contributed by atoms with Gasteiger partial charge >= 0.3 is 0 Å². The lowest BCUT2D eigenvalue weighted by atomic mass is 10.2. The Balaban J connectivity index is 1.96. The van der Waals surface area contributed by atoms with Crippen LogP contribution in [0.3, 0.4) is 0 Å². The Labute approximate surface area is 103 Å². The first-order chi connectivity index (χ1) is 7.76. The summed E-state index contributed by atoms with van der Waals surface area (Å²) in [5, 5.41) is 13.1. The molecule has 1 rings (SSSR count). The van der Waals surface area contributed by atoms with E-state index in [-0.39, 0.29) is 6.10 Å². The van der Waals surface area contributed by atoms with E-state index in [1.54, 1.807) is 0 Å². The van der Waals surface area contributed by atoms with Crippen LogP contribution >= 0.6 is 11.8 Å². The standard InChI is InChI=1S/C12H25NO2S/c1-3-11(9-16-2)13-6-12(14)8-15-7-10-4-5-10/h10-14H,3-9H2,1-2H3. The molecule has 0 saturated heterocycles. The first-order valence-corrected chi connectivity index (χ1v) is 7.63. The van der Waals surface area contributed by atoms with Gasteiger partial charge in [0.25, 0.3) is 0 Å². The smallest absolute Gasteiger partial charge is 0.0897 e. The van der Waals surface area contributed by atoms with Crippen LogP contribution in [0.4, 0.5) is 0 Å². The third-order valence-electron chi connectivity index (χ3n) is 2.86. The van der Waals surface area contributed by atoms with Gasteiger partial charge in [-0.15, -0.1) is 0 Å². The minimum atomic E-state index is -0.366. The summed E-state index contributed by atoms with van der Waals surface area (Å²) in [5.41, 5.74) is 0. The van der Waals surface area contributed by atoms with Crippen LogP contribution in [0.5, 0.6) is 0 Å². The van der Waals surface area contributed by atoms with E-state index in [0.717, 1.165) is 24.7 Å². The van der Waals surface area contributed by atoms with E-state index in [9.17, 15) is 5.11 Å². The van der Waals surface area contributed by atoms with Gasteiger partial charge in [-0.1, -0.05) is 6.92 Å². The van der Waals surface area contributed by atoms with E-state index in [2.05, 4.69) is 18.5 Å². The van der Waals surface area contributed by atoms with Gasteiger partial charge in [0, 0.05) is 24.9 Å². The maximum absolute atomic E-state index is 9.70. The van der Waals surface area contributed by atoms with Crippen LogP contribution in [-0.4, -0.2) is 49.0 Å². The van der Waals surface area contributed by atoms with Gasteiger partial charge in [-0.3, -0.25) is 0 Å². The molecule has 0 amide bonds. The second-order valence-electron chi connectivity index (χ2n) is 4.60. The van der Waals surface area contributed by atoms with Crippen molar-refractivity contribution in [3.05, 3.63) is 0 Å². The Kier molecular flexibility index (Phi) is 7.45. The molecule has 0 radical (unpaired) electrons. The van der Waals surface area contributed by atoms with Gasteiger partial charge in [0.15, 0.2) is 0 Å². The molecule has 2 unspecified atom stereocenters. The van der Waals surface area contributed by atoms with Crippen LogP contribution in [-0.2, 0) is 4.74 Å². The minimum Gasteiger partial charge on any atom is -0.389 e. The SMILES string of the molecule is CCC(CSC)NCC(O)COCC1CC1. The molecule has 0 aromatic heterocycles.